The molecule has 2 rings (SSSR count). The number of fused-ring (bicyclic) bond motifs is 1. The van der Waals surface area contributed by atoms with Crippen LogP contribution in [-0.2, 0) is 0 Å². The second-order valence-electron chi connectivity index (χ2n) is 3.75. The van der Waals surface area contributed by atoms with Crippen molar-refractivity contribution in [3.8, 4) is 0 Å². The Balaban J connectivity index is 2.81. The maximum atomic E-state index is 5.37. The fraction of sp³-hybridized carbons (Fsp3) is 0.273. The average Bonchev–Trinajstić information content (AvgIpc) is 2.18. The third-order valence-electron chi connectivity index (χ3n) is 2.42. The zero-order chi connectivity index (χ0) is 11.0. The minimum absolute atomic E-state index is 0.632. The number of hydrazine groups is 1. The normalized spacial score (nSPS) is 10.7. The number of nitrogens with two attached hydrogens (primary N) is 1. The van der Waals surface area contributed by atoms with E-state index in [0.29, 0.717) is 5.82 Å². The zero-order valence-corrected chi connectivity index (χ0v) is 9.13. The molecular formula is C11H14N4. The molecule has 0 amide bonds. The molecule has 0 saturated carbocycles. The van der Waals surface area contributed by atoms with Crippen LogP contribution in [0.25, 0.3) is 11.0 Å². The number of hydrogen-bond acceptors (Lipinski definition) is 4. The molecule has 1 aromatic heterocycles. The van der Waals surface area contributed by atoms with Gasteiger partial charge in [-0.05, 0) is 38.0 Å². The molecule has 0 aliphatic rings. The first-order valence-corrected chi connectivity index (χ1v) is 4.84. The van der Waals surface area contributed by atoms with Crippen molar-refractivity contribution in [1.82, 2.24) is 9.97 Å². The Hall–Kier alpha value is -1.68. The van der Waals surface area contributed by atoms with E-state index in [4.69, 9.17) is 5.84 Å². The molecule has 0 fully saturated rings. The highest BCUT2D eigenvalue weighted by Gasteiger charge is 2.06. The number of aromatic nitrogens is 2. The minimum atomic E-state index is 0.632. The second kappa shape index (κ2) is 3.47. The van der Waals surface area contributed by atoms with Crippen molar-refractivity contribution in [3.05, 3.63) is 29.0 Å². The van der Waals surface area contributed by atoms with Gasteiger partial charge in [0.15, 0.2) is 5.82 Å². The lowest BCUT2D eigenvalue weighted by atomic mass is 10.1. The van der Waals surface area contributed by atoms with Crippen LogP contribution in [0, 0.1) is 20.8 Å². The summed E-state index contributed by atoms with van der Waals surface area (Å²) in [7, 11) is 0. The Labute approximate surface area is 88.5 Å². The number of benzene rings is 1. The van der Waals surface area contributed by atoms with Crippen LogP contribution >= 0.6 is 0 Å². The molecule has 4 heteroatoms. The van der Waals surface area contributed by atoms with Crippen molar-refractivity contribution in [2.45, 2.75) is 20.8 Å². The van der Waals surface area contributed by atoms with Crippen LogP contribution in [0.5, 0.6) is 0 Å². The Bertz CT molecular complexity index is 519. The largest absolute Gasteiger partial charge is 0.307 e. The van der Waals surface area contributed by atoms with Crippen molar-refractivity contribution in [2.24, 2.45) is 5.84 Å². The van der Waals surface area contributed by atoms with E-state index in [1.165, 1.54) is 5.56 Å². The average molecular weight is 202 g/mol. The van der Waals surface area contributed by atoms with Gasteiger partial charge in [0.2, 0.25) is 0 Å². The van der Waals surface area contributed by atoms with Crippen LogP contribution < -0.4 is 11.3 Å². The molecule has 15 heavy (non-hydrogen) atoms. The third-order valence-corrected chi connectivity index (χ3v) is 2.42. The fourth-order valence-electron chi connectivity index (χ4n) is 1.73. The topological polar surface area (TPSA) is 63.8 Å². The van der Waals surface area contributed by atoms with E-state index in [2.05, 4.69) is 21.5 Å². The molecule has 0 aliphatic heterocycles. The fourth-order valence-corrected chi connectivity index (χ4v) is 1.73. The maximum absolute atomic E-state index is 5.37. The van der Waals surface area contributed by atoms with E-state index in [1.54, 1.807) is 0 Å². The van der Waals surface area contributed by atoms with Gasteiger partial charge in [0.05, 0.1) is 16.7 Å². The van der Waals surface area contributed by atoms with E-state index < -0.39 is 0 Å². The van der Waals surface area contributed by atoms with E-state index in [1.807, 2.05) is 26.8 Å². The number of nitrogens with zero attached hydrogens (tertiary/aromatic N) is 2. The molecule has 0 radical (unpaired) electrons. The van der Waals surface area contributed by atoms with Crippen molar-refractivity contribution in [3.63, 3.8) is 0 Å². The van der Waals surface area contributed by atoms with Gasteiger partial charge in [-0.25, -0.2) is 15.8 Å². The monoisotopic (exact) mass is 202 g/mol. The first kappa shape index (κ1) is 9.86. The van der Waals surface area contributed by atoms with Crippen molar-refractivity contribution < 1.29 is 0 Å². The number of rotatable bonds is 1. The Morgan fingerprint density at radius 2 is 1.87 bits per heavy atom. The molecular weight excluding hydrogens is 188 g/mol. The van der Waals surface area contributed by atoms with Gasteiger partial charge < -0.3 is 5.43 Å². The SMILES string of the molecule is Cc1cc(C)c2nc(C)c(NN)nc2c1. The summed E-state index contributed by atoms with van der Waals surface area (Å²) in [6.45, 7) is 5.98. The van der Waals surface area contributed by atoms with Gasteiger partial charge in [0, 0.05) is 0 Å². The van der Waals surface area contributed by atoms with Crippen molar-refractivity contribution in [1.29, 1.82) is 0 Å². The van der Waals surface area contributed by atoms with Crippen LogP contribution in [0.4, 0.5) is 5.82 Å². The van der Waals surface area contributed by atoms with Gasteiger partial charge in [-0.1, -0.05) is 6.07 Å². The molecule has 2 aromatic rings. The number of aryl methyl sites for hydroxylation is 3. The minimum Gasteiger partial charge on any atom is -0.307 e. The lowest BCUT2D eigenvalue weighted by Gasteiger charge is -2.07. The number of hydrogen-bond donors (Lipinski definition) is 2. The molecule has 1 aromatic carbocycles. The highest BCUT2D eigenvalue weighted by Crippen LogP contribution is 2.20. The van der Waals surface area contributed by atoms with E-state index in [0.717, 1.165) is 22.3 Å². The molecule has 0 unspecified atom stereocenters. The van der Waals surface area contributed by atoms with Crippen molar-refractivity contribution >= 4 is 16.9 Å². The molecule has 0 bridgehead atoms. The summed E-state index contributed by atoms with van der Waals surface area (Å²) in [4.78, 5) is 8.90. The summed E-state index contributed by atoms with van der Waals surface area (Å²) in [5.41, 5.74) is 7.52. The molecule has 78 valence electrons. The summed E-state index contributed by atoms with van der Waals surface area (Å²) < 4.78 is 0. The first-order chi connectivity index (χ1) is 7.11. The van der Waals surface area contributed by atoms with Gasteiger partial charge >= 0.3 is 0 Å². The van der Waals surface area contributed by atoms with Gasteiger partial charge in [0.25, 0.3) is 0 Å². The molecule has 0 aliphatic carbocycles. The highest BCUT2D eigenvalue weighted by atomic mass is 15.3. The Morgan fingerprint density at radius 1 is 1.13 bits per heavy atom. The number of nitrogen functional groups attached to an aromatic ring is 1. The van der Waals surface area contributed by atoms with E-state index in [-0.39, 0.29) is 0 Å². The Morgan fingerprint density at radius 3 is 2.53 bits per heavy atom. The first-order valence-electron chi connectivity index (χ1n) is 4.84. The third kappa shape index (κ3) is 1.64. The smallest absolute Gasteiger partial charge is 0.162 e. The van der Waals surface area contributed by atoms with Crippen LogP contribution in [0.2, 0.25) is 0 Å². The van der Waals surface area contributed by atoms with Crippen LogP contribution in [0.15, 0.2) is 12.1 Å². The molecule has 0 spiro atoms. The molecule has 0 atom stereocenters. The van der Waals surface area contributed by atoms with E-state index in [9.17, 15) is 0 Å². The molecule has 3 N–H and O–H groups in total. The highest BCUT2D eigenvalue weighted by molar-refractivity contribution is 5.80. The number of nitrogens with one attached hydrogen (secondary N) is 1. The van der Waals surface area contributed by atoms with Gasteiger partial charge in [-0.3, -0.25) is 0 Å². The van der Waals surface area contributed by atoms with Gasteiger partial charge in [0.1, 0.15) is 0 Å². The summed E-state index contributed by atoms with van der Waals surface area (Å²) in [6.07, 6.45) is 0. The van der Waals surface area contributed by atoms with Crippen molar-refractivity contribution in [2.75, 3.05) is 5.43 Å². The predicted octanol–water partition coefficient (Wildman–Crippen LogP) is 1.84. The van der Waals surface area contributed by atoms with E-state index >= 15 is 0 Å². The number of anilines is 1. The van der Waals surface area contributed by atoms with Crippen LogP contribution in [0.3, 0.4) is 0 Å². The maximum Gasteiger partial charge on any atom is 0.162 e. The lowest BCUT2D eigenvalue weighted by molar-refractivity contribution is 1.14. The molecule has 4 nitrogen and oxygen atoms in total. The summed E-state index contributed by atoms with van der Waals surface area (Å²) >= 11 is 0. The summed E-state index contributed by atoms with van der Waals surface area (Å²) in [6, 6.07) is 4.11. The Kier molecular flexibility index (Phi) is 2.28. The standard InChI is InChI=1S/C11H14N4/c1-6-4-7(2)10-9(5-6)14-11(15-12)8(3)13-10/h4-5H,12H2,1-3H3,(H,14,15). The van der Waals surface area contributed by atoms with Crippen LogP contribution in [-0.4, -0.2) is 9.97 Å². The summed E-state index contributed by atoms with van der Waals surface area (Å²) in [5.74, 6) is 6.00. The van der Waals surface area contributed by atoms with Crippen LogP contribution in [0.1, 0.15) is 16.8 Å². The second-order valence-corrected chi connectivity index (χ2v) is 3.75. The molecule has 1 heterocycles. The van der Waals surface area contributed by atoms with Gasteiger partial charge in [-0.15, -0.1) is 0 Å². The van der Waals surface area contributed by atoms with Gasteiger partial charge in [-0.2, -0.15) is 0 Å². The summed E-state index contributed by atoms with van der Waals surface area (Å²) in [5, 5.41) is 0. The lowest BCUT2D eigenvalue weighted by Crippen LogP contribution is -2.11. The molecule has 0 saturated heterocycles. The predicted molar refractivity (Wildman–Crippen MR) is 61.6 cm³/mol. The quantitative estimate of drug-likeness (QED) is 0.547. The zero-order valence-electron chi connectivity index (χ0n) is 9.13.